The molecule has 5 unspecified atom stereocenters. The third-order valence-corrected chi connectivity index (χ3v) is 7.33. The van der Waals surface area contributed by atoms with Gasteiger partial charge in [0.2, 0.25) is 0 Å². The SMILES string of the molecule is CC1CCc2c(cc(F)c(C3CCC4CC(C=C(F)F)CCC4C3)c2F)C1. The largest absolute Gasteiger partial charge is 0.266 e. The van der Waals surface area contributed by atoms with Gasteiger partial charge in [0.05, 0.1) is 0 Å². The van der Waals surface area contributed by atoms with Crippen LogP contribution in [0.4, 0.5) is 17.6 Å². The fraction of sp³-hybridized carbons (Fsp3) is 0.652. The first kappa shape index (κ1) is 19.0. The van der Waals surface area contributed by atoms with Crippen LogP contribution < -0.4 is 0 Å². The molecule has 0 bridgehead atoms. The lowest BCUT2D eigenvalue weighted by Gasteiger charge is -2.42. The minimum atomic E-state index is -1.58. The van der Waals surface area contributed by atoms with Crippen LogP contribution in [0, 0.1) is 35.3 Å². The standard InChI is InChI=1S/C23H28F4/c1-13-2-7-19-18(8-13)12-20(24)22(23(19)27)17-6-5-15-9-14(10-21(25)26)3-4-16(15)11-17/h10,12-17H,2-9,11H2,1H3. The van der Waals surface area contributed by atoms with E-state index >= 15 is 4.39 Å². The van der Waals surface area contributed by atoms with E-state index in [1.807, 2.05) is 0 Å². The van der Waals surface area contributed by atoms with E-state index in [2.05, 4.69) is 6.92 Å². The zero-order chi connectivity index (χ0) is 19.1. The smallest absolute Gasteiger partial charge is 0.207 e. The quantitative estimate of drug-likeness (QED) is 0.477. The van der Waals surface area contributed by atoms with Gasteiger partial charge in [-0.15, -0.1) is 0 Å². The van der Waals surface area contributed by atoms with Crippen LogP contribution in [0.3, 0.4) is 0 Å². The van der Waals surface area contributed by atoms with Crippen LogP contribution in [0.1, 0.15) is 74.5 Å². The van der Waals surface area contributed by atoms with Gasteiger partial charge in [0.1, 0.15) is 11.6 Å². The summed E-state index contributed by atoms with van der Waals surface area (Å²) in [7, 11) is 0. The maximum absolute atomic E-state index is 15.2. The van der Waals surface area contributed by atoms with Crippen LogP contribution in [-0.2, 0) is 12.8 Å². The second-order valence-electron chi connectivity index (χ2n) is 9.13. The molecule has 0 saturated heterocycles. The van der Waals surface area contributed by atoms with Gasteiger partial charge in [-0.2, -0.15) is 8.78 Å². The molecule has 0 amide bonds. The molecule has 2 saturated carbocycles. The van der Waals surface area contributed by atoms with Crippen molar-refractivity contribution in [1.29, 1.82) is 0 Å². The molecule has 0 spiro atoms. The Labute approximate surface area is 159 Å². The summed E-state index contributed by atoms with van der Waals surface area (Å²) in [5, 5.41) is 0. The first-order valence-corrected chi connectivity index (χ1v) is 10.4. The minimum Gasteiger partial charge on any atom is -0.207 e. The summed E-state index contributed by atoms with van der Waals surface area (Å²) >= 11 is 0. The van der Waals surface area contributed by atoms with E-state index in [4.69, 9.17) is 0 Å². The molecule has 3 aliphatic carbocycles. The number of rotatable bonds is 2. The Morgan fingerprint density at radius 1 is 1.00 bits per heavy atom. The van der Waals surface area contributed by atoms with E-state index in [0.29, 0.717) is 29.7 Å². The van der Waals surface area contributed by atoms with Gasteiger partial charge < -0.3 is 0 Å². The third-order valence-electron chi connectivity index (χ3n) is 7.33. The number of hydrogen-bond donors (Lipinski definition) is 0. The van der Waals surface area contributed by atoms with Gasteiger partial charge in [-0.3, -0.25) is 0 Å². The van der Waals surface area contributed by atoms with E-state index in [0.717, 1.165) is 68.6 Å². The van der Waals surface area contributed by atoms with Crippen LogP contribution in [-0.4, -0.2) is 0 Å². The Kier molecular flexibility index (Phi) is 5.35. The van der Waals surface area contributed by atoms with Crippen LogP contribution in [0.5, 0.6) is 0 Å². The molecule has 0 aromatic heterocycles. The molecule has 0 radical (unpaired) electrons. The zero-order valence-electron chi connectivity index (χ0n) is 15.9. The van der Waals surface area contributed by atoms with Gasteiger partial charge in [-0.1, -0.05) is 6.92 Å². The summed E-state index contributed by atoms with van der Waals surface area (Å²) < 4.78 is 55.2. The molecule has 148 valence electrons. The van der Waals surface area contributed by atoms with Crippen molar-refractivity contribution < 1.29 is 17.6 Å². The normalized spacial score (nSPS) is 33.1. The highest BCUT2D eigenvalue weighted by molar-refractivity contribution is 5.39. The molecule has 0 nitrogen and oxygen atoms in total. The predicted molar refractivity (Wildman–Crippen MR) is 98.8 cm³/mol. The maximum atomic E-state index is 15.2. The van der Waals surface area contributed by atoms with E-state index in [1.165, 1.54) is 0 Å². The van der Waals surface area contributed by atoms with E-state index in [-0.39, 0.29) is 23.5 Å². The van der Waals surface area contributed by atoms with Gasteiger partial charge in [0, 0.05) is 5.56 Å². The van der Waals surface area contributed by atoms with Gasteiger partial charge in [-0.25, -0.2) is 8.78 Å². The summed E-state index contributed by atoms with van der Waals surface area (Å²) in [6.45, 7) is 2.13. The molecular weight excluding hydrogens is 352 g/mol. The molecule has 0 aliphatic heterocycles. The molecule has 1 aromatic carbocycles. The summed E-state index contributed by atoms with van der Waals surface area (Å²) in [6.07, 6.45) is 6.84. The molecule has 5 atom stereocenters. The van der Waals surface area contributed by atoms with Crippen molar-refractivity contribution in [3.05, 3.63) is 46.5 Å². The molecule has 1 aromatic rings. The van der Waals surface area contributed by atoms with Gasteiger partial charge in [0.25, 0.3) is 6.08 Å². The highest BCUT2D eigenvalue weighted by atomic mass is 19.3. The summed E-state index contributed by atoms with van der Waals surface area (Å²) in [5.41, 5.74) is 1.89. The van der Waals surface area contributed by atoms with Crippen LogP contribution in [0.25, 0.3) is 0 Å². The maximum Gasteiger partial charge on any atom is 0.266 e. The highest BCUT2D eigenvalue weighted by Crippen LogP contribution is 2.49. The minimum absolute atomic E-state index is 0.0352. The zero-order valence-corrected chi connectivity index (χ0v) is 15.9. The summed E-state index contributed by atoms with van der Waals surface area (Å²) in [5.74, 6) is 0.534. The Morgan fingerprint density at radius 2 is 1.74 bits per heavy atom. The van der Waals surface area contributed by atoms with Gasteiger partial charge in [-0.05, 0) is 111 Å². The number of benzene rings is 1. The third kappa shape index (κ3) is 3.82. The Hall–Kier alpha value is -1.32. The van der Waals surface area contributed by atoms with Crippen molar-refractivity contribution >= 4 is 0 Å². The molecule has 4 rings (SSSR count). The molecule has 3 aliphatic rings. The molecule has 27 heavy (non-hydrogen) atoms. The number of halogens is 4. The number of hydrogen-bond acceptors (Lipinski definition) is 0. The fourth-order valence-corrected chi connectivity index (χ4v) is 5.94. The van der Waals surface area contributed by atoms with Gasteiger partial charge in [0.15, 0.2) is 0 Å². The Balaban J connectivity index is 1.52. The average Bonchev–Trinajstić information content (AvgIpc) is 2.61. The van der Waals surface area contributed by atoms with Crippen molar-refractivity contribution in [1.82, 2.24) is 0 Å². The van der Waals surface area contributed by atoms with Crippen molar-refractivity contribution in [3.63, 3.8) is 0 Å². The van der Waals surface area contributed by atoms with Crippen molar-refractivity contribution in [2.45, 2.75) is 70.6 Å². The average molecular weight is 380 g/mol. The van der Waals surface area contributed by atoms with E-state index in [9.17, 15) is 13.2 Å². The molecular formula is C23H28F4. The lowest BCUT2D eigenvalue weighted by Crippen LogP contribution is -2.31. The number of allylic oxidation sites excluding steroid dienone is 1. The lowest BCUT2D eigenvalue weighted by atomic mass is 9.63. The topological polar surface area (TPSA) is 0 Å². The predicted octanol–water partition coefficient (Wildman–Crippen LogP) is 7.17. The molecule has 0 heterocycles. The molecule has 0 N–H and O–H groups in total. The highest BCUT2D eigenvalue weighted by Gasteiger charge is 2.38. The second kappa shape index (κ2) is 7.60. The van der Waals surface area contributed by atoms with Crippen molar-refractivity contribution in [2.24, 2.45) is 23.7 Å². The second-order valence-corrected chi connectivity index (χ2v) is 9.13. The Morgan fingerprint density at radius 3 is 2.52 bits per heavy atom. The van der Waals surface area contributed by atoms with Crippen molar-refractivity contribution in [3.8, 4) is 0 Å². The summed E-state index contributed by atoms with van der Waals surface area (Å²) in [4.78, 5) is 0. The van der Waals surface area contributed by atoms with Crippen molar-refractivity contribution in [2.75, 3.05) is 0 Å². The molecule has 4 heteroatoms. The van der Waals surface area contributed by atoms with Crippen LogP contribution in [0.15, 0.2) is 18.2 Å². The summed E-state index contributed by atoms with van der Waals surface area (Å²) in [6, 6.07) is 1.58. The van der Waals surface area contributed by atoms with Crippen LogP contribution >= 0.6 is 0 Å². The van der Waals surface area contributed by atoms with E-state index < -0.39 is 6.08 Å². The first-order valence-electron chi connectivity index (χ1n) is 10.4. The first-order chi connectivity index (χ1) is 12.9. The van der Waals surface area contributed by atoms with Crippen LogP contribution in [0.2, 0.25) is 0 Å². The number of fused-ring (bicyclic) bond motifs is 2. The monoisotopic (exact) mass is 380 g/mol. The molecule has 2 fully saturated rings. The lowest BCUT2D eigenvalue weighted by molar-refractivity contribution is 0.130. The Bertz CT molecular complexity index is 734. The van der Waals surface area contributed by atoms with Gasteiger partial charge >= 0.3 is 0 Å². The van der Waals surface area contributed by atoms with E-state index in [1.54, 1.807) is 6.07 Å². The fourth-order valence-electron chi connectivity index (χ4n) is 5.94.